The number of carbonyl (C=O) groups is 2. The molecule has 23 heavy (non-hydrogen) atoms. The lowest BCUT2D eigenvalue weighted by molar-refractivity contribution is -0.132. The van der Waals surface area contributed by atoms with Gasteiger partial charge >= 0.3 is 0 Å². The van der Waals surface area contributed by atoms with Crippen molar-refractivity contribution in [1.29, 1.82) is 0 Å². The summed E-state index contributed by atoms with van der Waals surface area (Å²) in [4.78, 5) is 25.9. The summed E-state index contributed by atoms with van der Waals surface area (Å²) in [5.74, 6) is -0.686. The Balaban J connectivity index is 1.64. The number of benzene rings is 1. The predicted molar refractivity (Wildman–Crippen MR) is 81.3 cm³/mol. The Bertz CT molecular complexity index is 727. The van der Waals surface area contributed by atoms with E-state index in [2.05, 4.69) is 5.32 Å². The third-order valence-electron chi connectivity index (χ3n) is 4.11. The minimum absolute atomic E-state index is 0.0968. The molecule has 0 fully saturated rings. The number of nitrogens with one attached hydrogen (secondary N) is 1. The lowest BCUT2D eigenvalue weighted by Gasteiger charge is -2.35. The third kappa shape index (κ3) is 3.11. The third-order valence-corrected chi connectivity index (χ3v) is 4.11. The number of rotatable bonds is 3. The number of amides is 2. The first-order valence-electron chi connectivity index (χ1n) is 7.46. The van der Waals surface area contributed by atoms with Gasteiger partial charge in [-0.2, -0.15) is 0 Å². The molecule has 2 aromatic rings. The molecule has 0 saturated heterocycles. The lowest BCUT2D eigenvalue weighted by Crippen LogP contribution is -2.44. The Morgan fingerprint density at radius 1 is 1.39 bits per heavy atom. The Morgan fingerprint density at radius 2 is 2.22 bits per heavy atom. The van der Waals surface area contributed by atoms with Gasteiger partial charge in [-0.05, 0) is 48.7 Å². The molecule has 2 amide bonds. The van der Waals surface area contributed by atoms with Gasteiger partial charge in [0.05, 0.1) is 18.8 Å². The number of hydrogen-bond acceptors (Lipinski definition) is 3. The van der Waals surface area contributed by atoms with E-state index in [0.717, 1.165) is 11.1 Å². The van der Waals surface area contributed by atoms with E-state index in [1.54, 1.807) is 17.0 Å². The largest absolute Gasteiger partial charge is 0.459 e. The molecule has 0 spiro atoms. The van der Waals surface area contributed by atoms with Crippen molar-refractivity contribution in [2.24, 2.45) is 0 Å². The van der Waals surface area contributed by atoms with Gasteiger partial charge < -0.3 is 14.6 Å². The van der Waals surface area contributed by atoms with Crippen LogP contribution >= 0.6 is 0 Å². The Hall–Kier alpha value is -2.63. The molecule has 5 nitrogen and oxygen atoms in total. The monoisotopic (exact) mass is 316 g/mol. The Labute approximate surface area is 133 Å². The molecule has 1 atom stereocenters. The van der Waals surface area contributed by atoms with Gasteiger partial charge in [0.2, 0.25) is 5.91 Å². The van der Waals surface area contributed by atoms with Crippen LogP contribution in [0.5, 0.6) is 0 Å². The minimum atomic E-state index is -0.421. The van der Waals surface area contributed by atoms with Crippen LogP contribution in [0.3, 0.4) is 0 Å². The summed E-state index contributed by atoms with van der Waals surface area (Å²) >= 11 is 0. The second-order valence-corrected chi connectivity index (χ2v) is 5.52. The summed E-state index contributed by atoms with van der Waals surface area (Å²) < 4.78 is 18.3. The average Bonchev–Trinajstić information content (AvgIpc) is 3.07. The molecule has 0 radical (unpaired) electrons. The standard InChI is InChI=1S/C17H17FN2O3/c1-11-14-5-4-13(18)9-12(14)6-7-20(11)16(21)10-19-17(22)15-3-2-8-23-15/h2-5,8-9,11H,6-7,10H2,1H3,(H,19,22). The molecule has 3 rings (SSSR count). The summed E-state index contributed by atoms with van der Waals surface area (Å²) in [6.07, 6.45) is 2.01. The SMILES string of the molecule is CC1c2ccc(F)cc2CCN1C(=O)CNC(=O)c1ccco1. The highest BCUT2D eigenvalue weighted by atomic mass is 19.1. The van der Waals surface area contributed by atoms with E-state index in [-0.39, 0.29) is 30.1 Å². The van der Waals surface area contributed by atoms with E-state index < -0.39 is 5.91 Å². The fraction of sp³-hybridized carbons (Fsp3) is 0.294. The quantitative estimate of drug-likeness (QED) is 0.945. The molecule has 0 aliphatic carbocycles. The first kappa shape index (κ1) is 15.3. The number of nitrogens with zero attached hydrogens (tertiary/aromatic N) is 1. The topological polar surface area (TPSA) is 62.6 Å². The van der Waals surface area contributed by atoms with Gasteiger partial charge in [-0.25, -0.2) is 4.39 Å². The summed E-state index contributed by atoms with van der Waals surface area (Å²) in [5, 5.41) is 2.55. The molecule has 0 saturated carbocycles. The van der Waals surface area contributed by atoms with E-state index in [0.29, 0.717) is 13.0 Å². The second kappa shape index (κ2) is 6.24. The second-order valence-electron chi connectivity index (χ2n) is 5.52. The molecule has 1 aromatic carbocycles. The Kier molecular flexibility index (Phi) is 4.14. The molecule has 1 aliphatic heterocycles. The minimum Gasteiger partial charge on any atom is -0.459 e. The van der Waals surface area contributed by atoms with Crippen molar-refractivity contribution in [3.05, 3.63) is 59.3 Å². The highest BCUT2D eigenvalue weighted by molar-refractivity contribution is 5.94. The number of carbonyl (C=O) groups excluding carboxylic acids is 2. The lowest BCUT2D eigenvalue weighted by atomic mass is 9.93. The molecular weight excluding hydrogens is 299 g/mol. The van der Waals surface area contributed by atoms with Crippen LogP contribution in [-0.2, 0) is 11.2 Å². The fourth-order valence-corrected chi connectivity index (χ4v) is 2.89. The first-order chi connectivity index (χ1) is 11.1. The van der Waals surface area contributed by atoms with Crippen LogP contribution in [0.1, 0.15) is 34.6 Å². The van der Waals surface area contributed by atoms with E-state index >= 15 is 0 Å². The van der Waals surface area contributed by atoms with Crippen molar-refractivity contribution in [3.8, 4) is 0 Å². The van der Waals surface area contributed by atoms with Crippen LogP contribution in [0.2, 0.25) is 0 Å². The van der Waals surface area contributed by atoms with E-state index in [9.17, 15) is 14.0 Å². The van der Waals surface area contributed by atoms with Gasteiger partial charge in [-0.15, -0.1) is 0 Å². The molecule has 2 heterocycles. The normalized spacial score (nSPS) is 16.8. The molecule has 1 N–H and O–H groups in total. The smallest absolute Gasteiger partial charge is 0.287 e. The van der Waals surface area contributed by atoms with Crippen LogP contribution in [0.15, 0.2) is 41.0 Å². The zero-order valence-electron chi connectivity index (χ0n) is 12.7. The Morgan fingerprint density at radius 3 is 2.96 bits per heavy atom. The van der Waals surface area contributed by atoms with Crippen LogP contribution in [0.4, 0.5) is 4.39 Å². The zero-order chi connectivity index (χ0) is 16.4. The summed E-state index contributed by atoms with van der Waals surface area (Å²) in [7, 11) is 0. The van der Waals surface area contributed by atoms with Crippen molar-refractivity contribution in [2.75, 3.05) is 13.1 Å². The molecule has 0 bridgehead atoms. The van der Waals surface area contributed by atoms with Crippen molar-refractivity contribution < 1.29 is 18.4 Å². The molecule has 1 aromatic heterocycles. The van der Waals surface area contributed by atoms with Crippen molar-refractivity contribution in [3.63, 3.8) is 0 Å². The maximum absolute atomic E-state index is 13.3. The number of fused-ring (bicyclic) bond motifs is 1. The number of furan rings is 1. The summed E-state index contributed by atoms with van der Waals surface area (Å²) in [6, 6.07) is 7.64. The van der Waals surface area contributed by atoms with Crippen LogP contribution in [0, 0.1) is 5.82 Å². The van der Waals surface area contributed by atoms with Crippen molar-refractivity contribution >= 4 is 11.8 Å². The molecule has 1 unspecified atom stereocenters. The highest BCUT2D eigenvalue weighted by Crippen LogP contribution is 2.29. The first-order valence-corrected chi connectivity index (χ1v) is 7.46. The predicted octanol–water partition coefficient (Wildman–Crippen LogP) is 2.29. The molecule has 6 heteroatoms. The van der Waals surface area contributed by atoms with Gasteiger partial charge in [0.1, 0.15) is 5.82 Å². The van der Waals surface area contributed by atoms with Gasteiger partial charge in [-0.3, -0.25) is 9.59 Å². The maximum Gasteiger partial charge on any atom is 0.287 e. The zero-order valence-corrected chi connectivity index (χ0v) is 12.7. The van der Waals surface area contributed by atoms with Crippen molar-refractivity contribution in [2.45, 2.75) is 19.4 Å². The average molecular weight is 316 g/mol. The van der Waals surface area contributed by atoms with Crippen LogP contribution < -0.4 is 5.32 Å². The fourth-order valence-electron chi connectivity index (χ4n) is 2.89. The molecule has 1 aliphatic rings. The van der Waals surface area contributed by atoms with E-state index in [4.69, 9.17) is 4.42 Å². The van der Waals surface area contributed by atoms with Gasteiger partial charge in [0.25, 0.3) is 5.91 Å². The molecular formula is C17H17FN2O3. The highest BCUT2D eigenvalue weighted by Gasteiger charge is 2.27. The summed E-state index contributed by atoms with van der Waals surface area (Å²) in [5.41, 5.74) is 1.88. The van der Waals surface area contributed by atoms with Gasteiger partial charge in [0.15, 0.2) is 5.76 Å². The van der Waals surface area contributed by atoms with Crippen LogP contribution in [-0.4, -0.2) is 29.8 Å². The number of halogens is 1. The number of hydrogen-bond donors (Lipinski definition) is 1. The van der Waals surface area contributed by atoms with Crippen molar-refractivity contribution in [1.82, 2.24) is 10.2 Å². The van der Waals surface area contributed by atoms with Gasteiger partial charge in [-0.1, -0.05) is 6.07 Å². The maximum atomic E-state index is 13.3. The van der Waals surface area contributed by atoms with Gasteiger partial charge in [0, 0.05) is 6.54 Å². The summed E-state index contributed by atoms with van der Waals surface area (Å²) in [6.45, 7) is 2.32. The molecule has 120 valence electrons. The van der Waals surface area contributed by atoms with E-state index in [1.165, 1.54) is 24.5 Å². The van der Waals surface area contributed by atoms with Crippen LogP contribution in [0.25, 0.3) is 0 Å². The van der Waals surface area contributed by atoms with E-state index in [1.807, 2.05) is 6.92 Å².